The minimum absolute atomic E-state index is 0.0120. The Bertz CT molecular complexity index is 462. The lowest BCUT2D eigenvalue weighted by Crippen LogP contribution is -2.44. The zero-order valence-corrected chi connectivity index (χ0v) is 11.9. The Kier molecular flexibility index (Phi) is 6.36. The Morgan fingerprint density at radius 1 is 1.25 bits per heavy atom. The van der Waals surface area contributed by atoms with E-state index >= 15 is 0 Å². The van der Waals surface area contributed by atoms with Crippen molar-refractivity contribution in [3.63, 3.8) is 0 Å². The molecule has 0 saturated heterocycles. The van der Waals surface area contributed by atoms with E-state index in [-0.39, 0.29) is 12.6 Å². The molecule has 0 aliphatic heterocycles. The van der Waals surface area contributed by atoms with Crippen molar-refractivity contribution < 1.29 is 19.1 Å². The molecule has 2 N–H and O–H groups in total. The van der Waals surface area contributed by atoms with Gasteiger partial charge < -0.3 is 14.8 Å². The summed E-state index contributed by atoms with van der Waals surface area (Å²) < 4.78 is 10.4. The quantitative estimate of drug-likeness (QED) is 0.831. The van der Waals surface area contributed by atoms with Crippen LogP contribution in [0.5, 0.6) is 11.5 Å². The third kappa shape index (κ3) is 5.17. The Hall–Kier alpha value is -2.24. The van der Waals surface area contributed by atoms with Gasteiger partial charge in [0.15, 0.2) is 18.1 Å². The van der Waals surface area contributed by atoms with Crippen LogP contribution in [-0.2, 0) is 4.79 Å². The summed E-state index contributed by atoms with van der Waals surface area (Å²) in [6, 6.07) is 6.47. The first-order valence-electron chi connectivity index (χ1n) is 6.43. The number of carbonyl (C=O) groups is 2. The molecule has 110 valence electrons. The zero-order valence-electron chi connectivity index (χ0n) is 11.9. The van der Waals surface area contributed by atoms with Gasteiger partial charge in [-0.1, -0.05) is 19.1 Å². The van der Waals surface area contributed by atoms with Crippen LogP contribution < -0.4 is 20.1 Å². The molecule has 0 spiro atoms. The highest BCUT2D eigenvalue weighted by molar-refractivity contribution is 5.95. The maximum Gasteiger partial charge on any atom is 0.321 e. The third-order valence-electron chi connectivity index (χ3n) is 2.67. The van der Waals surface area contributed by atoms with Gasteiger partial charge in [0, 0.05) is 6.04 Å². The standard InChI is InChI=1S/C14H20N2O4/c1-4-10(2)15-14(18)16-13(17)9-20-12-8-6-5-7-11(12)19-3/h5-8,10H,4,9H2,1-3H3,(H2,15,16,17,18)/t10-/m0/s1. The van der Waals surface area contributed by atoms with Gasteiger partial charge in [0.25, 0.3) is 5.91 Å². The molecule has 3 amide bonds. The van der Waals surface area contributed by atoms with Crippen LogP contribution in [0.3, 0.4) is 0 Å². The zero-order chi connectivity index (χ0) is 15.0. The molecule has 1 atom stereocenters. The lowest BCUT2D eigenvalue weighted by Gasteiger charge is -2.12. The maximum atomic E-state index is 11.6. The molecule has 1 aromatic rings. The number of urea groups is 1. The van der Waals surface area contributed by atoms with Gasteiger partial charge in [-0.15, -0.1) is 0 Å². The van der Waals surface area contributed by atoms with E-state index in [4.69, 9.17) is 9.47 Å². The fraction of sp³-hybridized carbons (Fsp3) is 0.429. The number of hydrogen-bond acceptors (Lipinski definition) is 4. The predicted molar refractivity (Wildman–Crippen MR) is 74.9 cm³/mol. The van der Waals surface area contributed by atoms with Crippen LogP contribution in [0.4, 0.5) is 4.79 Å². The summed E-state index contributed by atoms with van der Waals surface area (Å²) in [5.41, 5.74) is 0. The van der Waals surface area contributed by atoms with Gasteiger partial charge in [-0.2, -0.15) is 0 Å². The average Bonchev–Trinajstić information content (AvgIpc) is 2.45. The number of carbonyl (C=O) groups excluding carboxylic acids is 2. The topological polar surface area (TPSA) is 76.7 Å². The van der Waals surface area contributed by atoms with Gasteiger partial charge in [0.1, 0.15) is 0 Å². The molecule has 0 fully saturated rings. The van der Waals surface area contributed by atoms with Gasteiger partial charge in [-0.3, -0.25) is 10.1 Å². The number of para-hydroxylation sites is 2. The largest absolute Gasteiger partial charge is 0.493 e. The van der Waals surface area contributed by atoms with Crippen molar-refractivity contribution in [1.82, 2.24) is 10.6 Å². The normalized spacial score (nSPS) is 11.3. The monoisotopic (exact) mass is 280 g/mol. The average molecular weight is 280 g/mol. The van der Waals surface area contributed by atoms with Gasteiger partial charge in [-0.25, -0.2) is 4.79 Å². The second kappa shape index (κ2) is 8.04. The molecule has 6 nitrogen and oxygen atoms in total. The first-order chi connectivity index (χ1) is 9.56. The van der Waals surface area contributed by atoms with E-state index in [0.717, 1.165) is 6.42 Å². The van der Waals surface area contributed by atoms with E-state index < -0.39 is 11.9 Å². The van der Waals surface area contributed by atoms with E-state index in [1.807, 2.05) is 13.8 Å². The van der Waals surface area contributed by atoms with Crippen molar-refractivity contribution in [2.24, 2.45) is 0 Å². The fourth-order valence-electron chi connectivity index (χ4n) is 1.41. The van der Waals surface area contributed by atoms with Gasteiger partial charge >= 0.3 is 6.03 Å². The second-order valence-corrected chi connectivity index (χ2v) is 4.27. The molecule has 0 saturated carbocycles. The van der Waals surface area contributed by atoms with Crippen LogP contribution in [0, 0.1) is 0 Å². The molecular weight excluding hydrogens is 260 g/mol. The molecule has 0 unspecified atom stereocenters. The minimum atomic E-state index is -0.520. The number of amides is 3. The lowest BCUT2D eigenvalue weighted by molar-refractivity contribution is -0.122. The summed E-state index contributed by atoms with van der Waals surface area (Å²) >= 11 is 0. The number of benzene rings is 1. The van der Waals surface area contributed by atoms with Crippen LogP contribution in [0.25, 0.3) is 0 Å². The number of rotatable bonds is 6. The number of imide groups is 1. The highest BCUT2D eigenvalue weighted by Crippen LogP contribution is 2.25. The molecule has 0 aromatic heterocycles. The maximum absolute atomic E-state index is 11.6. The SMILES string of the molecule is CC[C@H](C)NC(=O)NC(=O)COc1ccccc1OC. The van der Waals surface area contributed by atoms with Crippen LogP contribution in [0.1, 0.15) is 20.3 Å². The van der Waals surface area contributed by atoms with E-state index in [1.54, 1.807) is 24.3 Å². The van der Waals surface area contributed by atoms with Gasteiger partial charge in [-0.05, 0) is 25.5 Å². The number of methoxy groups -OCH3 is 1. The highest BCUT2D eigenvalue weighted by atomic mass is 16.5. The summed E-state index contributed by atoms with van der Waals surface area (Å²) in [5, 5.41) is 4.83. The fourth-order valence-corrected chi connectivity index (χ4v) is 1.41. The van der Waals surface area contributed by atoms with Crippen molar-refractivity contribution >= 4 is 11.9 Å². The third-order valence-corrected chi connectivity index (χ3v) is 2.67. The van der Waals surface area contributed by atoms with Crippen molar-refractivity contribution in [3.8, 4) is 11.5 Å². The van der Waals surface area contributed by atoms with Crippen molar-refractivity contribution in [2.75, 3.05) is 13.7 Å². The number of hydrogen-bond donors (Lipinski definition) is 2. The Labute approximate surface area is 118 Å². The molecule has 0 aliphatic rings. The molecule has 0 radical (unpaired) electrons. The Morgan fingerprint density at radius 3 is 2.50 bits per heavy atom. The lowest BCUT2D eigenvalue weighted by atomic mass is 10.3. The molecule has 0 aliphatic carbocycles. The number of nitrogens with one attached hydrogen (secondary N) is 2. The van der Waals surface area contributed by atoms with Crippen molar-refractivity contribution in [2.45, 2.75) is 26.3 Å². The minimum Gasteiger partial charge on any atom is -0.493 e. The molecule has 6 heteroatoms. The first kappa shape index (κ1) is 15.8. The summed E-state index contributed by atoms with van der Waals surface area (Å²) in [4.78, 5) is 23.0. The number of ether oxygens (including phenoxy) is 2. The van der Waals surface area contributed by atoms with Crippen LogP contribution >= 0.6 is 0 Å². The molecular formula is C14H20N2O4. The van der Waals surface area contributed by atoms with Crippen LogP contribution in [0.15, 0.2) is 24.3 Å². The second-order valence-electron chi connectivity index (χ2n) is 4.27. The van der Waals surface area contributed by atoms with Gasteiger partial charge in [0.2, 0.25) is 0 Å². The van der Waals surface area contributed by atoms with E-state index in [0.29, 0.717) is 11.5 Å². The summed E-state index contributed by atoms with van der Waals surface area (Å²) in [6.07, 6.45) is 0.791. The molecule has 0 bridgehead atoms. The predicted octanol–water partition coefficient (Wildman–Crippen LogP) is 1.70. The summed E-state index contributed by atoms with van der Waals surface area (Å²) in [7, 11) is 1.52. The molecule has 1 aromatic carbocycles. The summed E-state index contributed by atoms with van der Waals surface area (Å²) in [6.45, 7) is 3.54. The Morgan fingerprint density at radius 2 is 1.90 bits per heavy atom. The Balaban J connectivity index is 2.41. The van der Waals surface area contributed by atoms with Gasteiger partial charge in [0.05, 0.1) is 7.11 Å². The molecule has 0 heterocycles. The van der Waals surface area contributed by atoms with Crippen LogP contribution in [0.2, 0.25) is 0 Å². The summed E-state index contributed by atoms with van der Waals surface area (Å²) in [5.74, 6) is 0.466. The van der Waals surface area contributed by atoms with Crippen molar-refractivity contribution in [1.29, 1.82) is 0 Å². The molecule has 20 heavy (non-hydrogen) atoms. The first-order valence-corrected chi connectivity index (χ1v) is 6.43. The highest BCUT2D eigenvalue weighted by Gasteiger charge is 2.11. The van der Waals surface area contributed by atoms with E-state index in [9.17, 15) is 9.59 Å². The van der Waals surface area contributed by atoms with Crippen molar-refractivity contribution in [3.05, 3.63) is 24.3 Å². The van der Waals surface area contributed by atoms with E-state index in [2.05, 4.69) is 10.6 Å². The molecule has 1 rings (SSSR count). The van der Waals surface area contributed by atoms with Crippen LogP contribution in [-0.4, -0.2) is 31.7 Å². The van der Waals surface area contributed by atoms with E-state index in [1.165, 1.54) is 7.11 Å². The smallest absolute Gasteiger partial charge is 0.321 e.